The number of carbonyl (C=O) groups is 1. The van der Waals surface area contributed by atoms with Gasteiger partial charge in [0.25, 0.3) is 5.56 Å². The van der Waals surface area contributed by atoms with Crippen LogP contribution in [0.25, 0.3) is 16.7 Å². The normalized spacial score (nSPS) is 10.8. The fourth-order valence-corrected chi connectivity index (χ4v) is 2.62. The predicted molar refractivity (Wildman–Crippen MR) is 82.7 cm³/mol. The van der Waals surface area contributed by atoms with Crippen LogP contribution in [0.15, 0.2) is 47.4 Å². The zero-order valence-electron chi connectivity index (χ0n) is 10.6. The summed E-state index contributed by atoms with van der Waals surface area (Å²) in [4.78, 5) is 27.9. The summed E-state index contributed by atoms with van der Waals surface area (Å²) < 4.78 is 1.33. The quantitative estimate of drug-likeness (QED) is 0.679. The third-order valence-electron chi connectivity index (χ3n) is 3.09. The SMILES string of the molecule is O=Cc1c(Cl)c2cccnc2n(-c2cccc(Cl)c2)c1=O. The van der Waals surface area contributed by atoms with E-state index in [1.807, 2.05) is 0 Å². The third-order valence-corrected chi connectivity index (χ3v) is 3.73. The number of aromatic nitrogens is 2. The van der Waals surface area contributed by atoms with Crippen molar-refractivity contribution in [2.24, 2.45) is 0 Å². The summed E-state index contributed by atoms with van der Waals surface area (Å²) in [7, 11) is 0. The van der Waals surface area contributed by atoms with Crippen molar-refractivity contribution in [2.75, 3.05) is 0 Å². The van der Waals surface area contributed by atoms with Gasteiger partial charge in [0.15, 0.2) is 6.29 Å². The molecule has 0 N–H and O–H groups in total. The smallest absolute Gasteiger partial charge is 0.268 e. The van der Waals surface area contributed by atoms with Gasteiger partial charge >= 0.3 is 0 Å². The number of halogens is 2. The highest BCUT2D eigenvalue weighted by Crippen LogP contribution is 2.25. The van der Waals surface area contributed by atoms with Gasteiger partial charge < -0.3 is 0 Å². The highest BCUT2D eigenvalue weighted by Gasteiger charge is 2.16. The second-order valence-corrected chi connectivity index (χ2v) is 5.15. The zero-order chi connectivity index (χ0) is 15.0. The first-order valence-electron chi connectivity index (χ1n) is 6.04. The summed E-state index contributed by atoms with van der Waals surface area (Å²) in [5, 5.41) is 1.11. The molecule has 1 aromatic carbocycles. The predicted octanol–water partition coefficient (Wildman–Crippen LogP) is 3.51. The number of fused-ring (bicyclic) bond motifs is 1. The molecule has 21 heavy (non-hydrogen) atoms. The van der Waals surface area contributed by atoms with Gasteiger partial charge in [-0.05, 0) is 30.3 Å². The van der Waals surface area contributed by atoms with Crippen LogP contribution in [0.4, 0.5) is 0 Å². The van der Waals surface area contributed by atoms with Crippen molar-refractivity contribution in [1.29, 1.82) is 0 Å². The van der Waals surface area contributed by atoms with Crippen molar-refractivity contribution in [3.05, 3.63) is 68.6 Å². The van der Waals surface area contributed by atoms with Crippen LogP contribution in [0.5, 0.6) is 0 Å². The number of benzene rings is 1. The molecule has 0 aliphatic carbocycles. The van der Waals surface area contributed by atoms with E-state index in [0.717, 1.165) is 0 Å². The Bertz CT molecular complexity index is 919. The first-order valence-corrected chi connectivity index (χ1v) is 6.79. The Morgan fingerprint density at radius 3 is 2.67 bits per heavy atom. The molecule has 0 saturated heterocycles. The van der Waals surface area contributed by atoms with E-state index in [-0.39, 0.29) is 10.6 Å². The van der Waals surface area contributed by atoms with Gasteiger partial charge in [-0.2, -0.15) is 0 Å². The first kappa shape index (κ1) is 13.8. The van der Waals surface area contributed by atoms with Gasteiger partial charge in [0.2, 0.25) is 0 Å². The lowest BCUT2D eigenvalue weighted by Crippen LogP contribution is -2.23. The van der Waals surface area contributed by atoms with Crippen molar-refractivity contribution in [1.82, 2.24) is 9.55 Å². The molecule has 0 fully saturated rings. The summed E-state index contributed by atoms with van der Waals surface area (Å²) in [6.45, 7) is 0. The molecule has 0 aliphatic rings. The second kappa shape index (κ2) is 5.31. The van der Waals surface area contributed by atoms with Crippen LogP contribution in [-0.4, -0.2) is 15.8 Å². The number of nitrogens with zero attached hydrogens (tertiary/aromatic N) is 2. The molecular formula is C15H8Cl2N2O2. The number of carbonyl (C=O) groups excluding carboxylic acids is 1. The lowest BCUT2D eigenvalue weighted by atomic mass is 10.2. The molecule has 0 atom stereocenters. The van der Waals surface area contributed by atoms with Crippen LogP contribution >= 0.6 is 23.2 Å². The van der Waals surface area contributed by atoms with E-state index >= 15 is 0 Å². The van der Waals surface area contributed by atoms with Crippen molar-refractivity contribution in [2.45, 2.75) is 0 Å². The van der Waals surface area contributed by atoms with Crippen LogP contribution in [0.2, 0.25) is 10.0 Å². The lowest BCUT2D eigenvalue weighted by Gasteiger charge is -2.12. The fraction of sp³-hybridized carbons (Fsp3) is 0. The summed E-state index contributed by atoms with van der Waals surface area (Å²) in [6.07, 6.45) is 2.01. The summed E-state index contributed by atoms with van der Waals surface area (Å²) >= 11 is 12.1. The molecule has 0 bridgehead atoms. The van der Waals surface area contributed by atoms with Crippen molar-refractivity contribution < 1.29 is 4.79 Å². The molecule has 3 aromatic rings. The molecular weight excluding hydrogens is 311 g/mol. The van der Waals surface area contributed by atoms with Gasteiger partial charge in [0.1, 0.15) is 5.65 Å². The van der Waals surface area contributed by atoms with Gasteiger partial charge in [0.05, 0.1) is 16.3 Å². The minimum Gasteiger partial charge on any atom is -0.298 e. The summed E-state index contributed by atoms with van der Waals surface area (Å²) in [5.74, 6) is 0. The van der Waals surface area contributed by atoms with Crippen LogP contribution < -0.4 is 5.56 Å². The Balaban J connectivity index is 2.52. The Morgan fingerprint density at radius 2 is 1.95 bits per heavy atom. The van der Waals surface area contributed by atoms with Gasteiger partial charge in [0, 0.05) is 16.6 Å². The number of hydrogen-bond donors (Lipinski definition) is 0. The molecule has 0 spiro atoms. The molecule has 2 aromatic heterocycles. The Labute approximate surface area is 129 Å². The van der Waals surface area contributed by atoms with E-state index < -0.39 is 5.56 Å². The molecule has 104 valence electrons. The van der Waals surface area contributed by atoms with Gasteiger partial charge in [-0.25, -0.2) is 4.98 Å². The zero-order valence-corrected chi connectivity index (χ0v) is 12.1. The number of hydrogen-bond acceptors (Lipinski definition) is 3. The summed E-state index contributed by atoms with van der Waals surface area (Å²) in [5.41, 5.74) is 0.275. The standard InChI is InChI=1S/C15H8Cl2N2O2/c16-9-3-1-4-10(7-9)19-14-11(5-2-6-18-14)13(17)12(8-20)15(19)21/h1-8H. The average Bonchev–Trinajstić information content (AvgIpc) is 2.48. The van der Waals surface area contributed by atoms with Crippen LogP contribution in [-0.2, 0) is 0 Å². The topological polar surface area (TPSA) is 52.0 Å². The van der Waals surface area contributed by atoms with E-state index in [0.29, 0.717) is 28.0 Å². The Kier molecular flexibility index (Phi) is 3.49. The first-order chi connectivity index (χ1) is 10.1. The monoisotopic (exact) mass is 318 g/mol. The summed E-state index contributed by atoms with van der Waals surface area (Å²) in [6, 6.07) is 10.1. The Hall–Kier alpha value is -2.17. The number of rotatable bonds is 2. The molecule has 0 saturated carbocycles. The lowest BCUT2D eigenvalue weighted by molar-refractivity contribution is 0.112. The van der Waals surface area contributed by atoms with Crippen molar-refractivity contribution >= 4 is 40.5 Å². The number of aldehydes is 1. The molecule has 0 radical (unpaired) electrons. The fourth-order valence-electron chi connectivity index (χ4n) is 2.16. The van der Waals surface area contributed by atoms with Crippen molar-refractivity contribution in [3.63, 3.8) is 0 Å². The minimum absolute atomic E-state index is 0.0999. The molecule has 0 unspecified atom stereocenters. The van der Waals surface area contributed by atoms with Gasteiger partial charge in [-0.3, -0.25) is 14.2 Å². The van der Waals surface area contributed by atoms with E-state index in [9.17, 15) is 9.59 Å². The number of pyridine rings is 2. The van der Waals surface area contributed by atoms with E-state index in [4.69, 9.17) is 23.2 Å². The maximum absolute atomic E-state index is 12.5. The van der Waals surface area contributed by atoms with E-state index in [1.165, 1.54) is 4.57 Å². The van der Waals surface area contributed by atoms with Crippen LogP contribution in [0.1, 0.15) is 10.4 Å². The van der Waals surface area contributed by atoms with Gasteiger partial charge in [-0.15, -0.1) is 0 Å². The largest absolute Gasteiger partial charge is 0.298 e. The molecule has 0 aliphatic heterocycles. The van der Waals surface area contributed by atoms with E-state index in [1.54, 1.807) is 42.6 Å². The second-order valence-electron chi connectivity index (χ2n) is 4.34. The molecule has 4 nitrogen and oxygen atoms in total. The van der Waals surface area contributed by atoms with Gasteiger partial charge in [-0.1, -0.05) is 29.3 Å². The highest BCUT2D eigenvalue weighted by molar-refractivity contribution is 6.37. The molecule has 3 rings (SSSR count). The van der Waals surface area contributed by atoms with E-state index in [2.05, 4.69) is 4.98 Å². The maximum Gasteiger partial charge on any atom is 0.268 e. The maximum atomic E-state index is 12.5. The molecule has 6 heteroatoms. The Morgan fingerprint density at radius 1 is 1.14 bits per heavy atom. The minimum atomic E-state index is -0.525. The third kappa shape index (κ3) is 2.22. The average molecular weight is 319 g/mol. The van der Waals surface area contributed by atoms with Crippen LogP contribution in [0.3, 0.4) is 0 Å². The molecule has 0 amide bonds. The van der Waals surface area contributed by atoms with Crippen molar-refractivity contribution in [3.8, 4) is 5.69 Å². The van der Waals surface area contributed by atoms with Crippen LogP contribution in [0, 0.1) is 0 Å². The molecule has 2 heterocycles. The highest BCUT2D eigenvalue weighted by atomic mass is 35.5.